The average molecular weight is 519 g/mol. The average Bonchev–Trinajstić information content (AvgIpc) is 2.78. The Morgan fingerprint density at radius 2 is 1.88 bits per heavy atom. The van der Waals surface area contributed by atoms with Crippen LogP contribution in [-0.2, 0) is 4.79 Å². The number of halogens is 2. The topological polar surface area (TPSA) is 103 Å². The number of rotatable bonds is 8. The van der Waals surface area contributed by atoms with Crippen molar-refractivity contribution in [1.29, 1.82) is 0 Å². The van der Waals surface area contributed by atoms with E-state index in [4.69, 9.17) is 21.1 Å². The molecule has 0 aromatic heterocycles. The van der Waals surface area contributed by atoms with Crippen LogP contribution in [0.15, 0.2) is 70.1 Å². The Morgan fingerprint density at radius 1 is 1.19 bits per heavy atom. The minimum absolute atomic E-state index is 0.00466. The molecule has 0 aliphatic rings. The molecular formula is C22H17BrClN3O5. The van der Waals surface area contributed by atoms with Gasteiger partial charge in [-0.3, -0.25) is 19.9 Å². The van der Waals surface area contributed by atoms with Crippen molar-refractivity contribution in [3.8, 4) is 11.5 Å². The Labute approximate surface area is 197 Å². The number of carbonyl (C=O) groups excluding carboxylic acids is 1. The first-order valence-corrected chi connectivity index (χ1v) is 10.4. The number of non-ortho nitro benzene ring substituents is 1. The van der Waals surface area contributed by atoms with Gasteiger partial charge in [0.25, 0.3) is 11.6 Å². The lowest BCUT2D eigenvalue weighted by Gasteiger charge is -2.13. The largest absolute Gasteiger partial charge is 0.493 e. The van der Waals surface area contributed by atoms with Crippen LogP contribution in [0.2, 0.25) is 5.02 Å². The molecule has 3 aromatic carbocycles. The van der Waals surface area contributed by atoms with Crippen LogP contribution in [0.1, 0.15) is 5.56 Å². The smallest absolute Gasteiger partial charge is 0.269 e. The van der Waals surface area contributed by atoms with Crippen LogP contribution < -0.4 is 14.8 Å². The minimum atomic E-state index is -0.468. The third-order valence-corrected chi connectivity index (χ3v) is 4.99. The van der Waals surface area contributed by atoms with E-state index in [1.807, 2.05) is 0 Å². The standard InChI is InChI=1S/C22H17BrClN3O5/c1-31-20-11-14(12-25-16-6-8-18(9-7-16)27(29)30)10-19(23)22(20)32-13-21(28)26-17-4-2-15(24)3-5-17/h2-12H,13H2,1H3,(H,26,28). The maximum Gasteiger partial charge on any atom is 0.269 e. The van der Waals surface area contributed by atoms with E-state index < -0.39 is 4.92 Å². The minimum Gasteiger partial charge on any atom is -0.493 e. The van der Waals surface area contributed by atoms with Gasteiger partial charge in [0.1, 0.15) is 0 Å². The summed E-state index contributed by atoms with van der Waals surface area (Å²) in [5, 5.41) is 14.0. The number of hydrogen-bond donors (Lipinski definition) is 1. The monoisotopic (exact) mass is 517 g/mol. The van der Waals surface area contributed by atoms with Crippen LogP contribution in [-0.4, -0.2) is 30.8 Å². The van der Waals surface area contributed by atoms with Crippen LogP contribution >= 0.6 is 27.5 Å². The molecule has 3 rings (SSSR count). The lowest BCUT2D eigenvalue weighted by Crippen LogP contribution is -2.20. The van der Waals surface area contributed by atoms with Crippen molar-refractivity contribution in [1.82, 2.24) is 0 Å². The van der Waals surface area contributed by atoms with Gasteiger partial charge in [-0.15, -0.1) is 0 Å². The van der Waals surface area contributed by atoms with Crippen molar-refractivity contribution in [2.75, 3.05) is 19.0 Å². The highest BCUT2D eigenvalue weighted by Gasteiger charge is 2.13. The SMILES string of the molecule is COc1cc(C=Nc2ccc([N+](=O)[O-])cc2)cc(Br)c1OCC(=O)Nc1ccc(Cl)cc1. The van der Waals surface area contributed by atoms with Gasteiger partial charge >= 0.3 is 0 Å². The van der Waals surface area contributed by atoms with Crippen LogP contribution in [0, 0.1) is 10.1 Å². The number of amides is 1. The normalized spacial score (nSPS) is 10.7. The van der Waals surface area contributed by atoms with E-state index in [2.05, 4.69) is 26.2 Å². The molecule has 0 heterocycles. The Balaban J connectivity index is 1.68. The van der Waals surface area contributed by atoms with E-state index in [1.165, 1.54) is 19.2 Å². The Hall–Kier alpha value is -3.43. The second kappa shape index (κ2) is 10.7. The third-order valence-electron chi connectivity index (χ3n) is 4.15. The van der Waals surface area contributed by atoms with E-state index in [9.17, 15) is 14.9 Å². The van der Waals surface area contributed by atoms with E-state index in [1.54, 1.807) is 54.7 Å². The summed E-state index contributed by atoms with van der Waals surface area (Å²) in [6, 6.07) is 16.1. The quantitative estimate of drug-likeness (QED) is 0.231. The number of methoxy groups -OCH3 is 1. The van der Waals surface area contributed by atoms with Crippen LogP contribution in [0.5, 0.6) is 11.5 Å². The van der Waals surface area contributed by atoms with Gasteiger partial charge in [-0.25, -0.2) is 0 Å². The summed E-state index contributed by atoms with van der Waals surface area (Å²) in [6.07, 6.45) is 1.59. The molecule has 0 bridgehead atoms. The van der Waals surface area contributed by atoms with Crippen molar-refractivity contribution < 1.29 is 19.2 Å². The first-order valence-electron chi connectivity index (χ1n) is 9.20. The van der Waals surface area contributed by atoms with E-state index >= 15 is 0 Å². The molecular weight excluding hydrogens is 502 g/mol. The molecule has 0 radical (unpaired) electrons. The first-order chi connectivity index (χ1) is 15.4. The summed E-state index contributed by atoms with van der Waals surface area (Å²) in [5.41, 5.74) is 1.86. The predicted molar refractivity (Wildman–Crippen MR) is 127 cm³/mol. The number of nitrogens with one attached hydrogen (secondary N) is 1. The number of nitro groups is 1. The number of ether oxygens (including phenoxy) is 2. The van der Waals surface area contributed by atoms with Crippen molar-refractivity contribution in [3.05, 3.63) is 85.8 Å². The fourth-order valence-corrected chi connectivity index (χ4v) is 3.33. The lowest BCUT2D eigenvalue weighted by atomic mass is 10.2. The highest BCUT2D eigenvalue weighted by atomic mass is 79.9. The number of anilines is 1. The molecule has 0 unspecified atom stereocenters. The molecule has 0 aliphatic carbocycles. The number of nitrogens with zero attached hydrogens (tertiary/aromatic N) is 2. The molecule has 10 heteroatoms. The lowest BCUT2D eigenvalue weighted by molar-refractivity contribution is -0.384. The van der Waals surface area contributed by atoms with Crippen LogP contribution in [0.25, 0.3) is 0 Å². The van der Waals surface area contributed by atoms with Gasteiger partial charge in [-0.05, 0) is 70.0 Å². The van der Waals surface area contributed by atoms with Gasteiger partial charge < -0.3 is 14.8 Å². The molecule has 8 nitrogen and oxygen atoms in total. The molecule has 32 heavy (non-hydrogen) atoms. The molecule has 3 aromatic rings. The van der Waals surface area contributed by atoms with Gasteiger partial charge in [0.2, 0.25) is 0 Å². The highest BCUT2D eigenvalue weighted by molar-refractivity contribution is 9.10. The summed E-state index contributed by atoms with van der Waals surface area (Å²) < 4.78 is 11.6. The van der Waals surface area contributed by atoms with Gasteiger partial charge in [-0.1, -0.05) is 11.6 Å². The van der Waals surface area contributed by atoms with Crippen molar-refractivity contribution >= 4 is 56.7 Å². The van der Waals surface area contributed by atoms with Crippen molar-refractivity contribution in [3.63, 3.8) is 0 Å². The van der Waals surface area contributed by atoms with Gasteiger partial charge in [0.15, 0.2) is 18.1 Å². The van der Waals surface area contributed by atoms with E-state index in [0.29, 0.717) is 37.9 Å². The molecule has 0 saturated carbocycles. The fourth-order valence-electron chi connectivity index (χ4n) is 2.63. The zero-order valence-corrected chi connectivity index (χ0v) is 19.1. The Bertz CT molecular complexity index is 1150. The molecule has 0 aliphatic heterocycles. The van der Waals surface area contributed by atoms with Crippen molar-refractivity contribution in [2.24, 2.45) is 4.99 Å². The Kier molecular flexibility index (Phi) is 7.80. The number of carbonyl (C=O) groups is 1. The fraction of sp³-hybridized carbons (Fsp3) is 0.0909. The second-order valence-electron chi connectivity index (χ2n) is 6.41. The Morgan fingerprint density at radius 3 is 2.50 bits per heavy atom. The van der Waals surface area contributed by atoms with Gasteiger partial charge in [-0.2, -0.15) is 0 Å². The van der Waals surface area contributed by atoms with Gasteiger partial charge in [0, 0.05) is 29.1 Å². The summed E-state index contributed by atoms with van der Waals surface area (Å²) in [4.78, 5) is 26.8. The molecule has 0 saturated heterocycles. The van der Waals surface area contributed by atoms with Gasteiger partial charge in [0.05, 0.1) is 22.2 Å². The predicted octanol–water partition coefficient (Wildman–Crippen LogP) is 5.79. The zero-order chi connectivity index (χ0) is 23.1. The number of hydrogen-bond acceptors (Lipinski definition) is 6. The van der Waals surface area contributed by atoms with E-state index in [0.717, 1.165) is 0 Å². The summed E-state index contributed by atoms with van der Waals surface area (Å²) in [7, 11) is 1.49. The molecule has 1 amide bonds. The maximum atomic E-state index is 12.2. The number of nitro benzene ring substituents is 1. The van der Waals surface area contributed by atoms with Crippen LogP contribution in [0.3, 0.4) is 0 Å². The molecule has 0 spiro atoms. The summed E-state index contributed by atoms with van der Waals surface area (Å²) in [5.74, 6) is 0.431. The summed E-state index contributed by atoms with van der Waals surface area (Å²) >= 11 is 9.26. The zero-order valence-electron chi connectivity index (χ0n) is 16.7. The number of aliphatic imine (C=N–C) groups is 1. The van der Waals surface area contributed by atoms with Crippen molar-refractivity contribution in [2.45, 2.75) is 0 Å². The first kappa shape index (κ1) is 23.2. The molecule has 0 fully saturated rings. The second-order valence-corrected chi connectivity index (χ2v) is 7.70. The highest BCUT2D eigenvalue weighted by Crippen LogP contribution is 2.36. The third kappa shape index (κ3) is 6.29. The number of benzene rings is 3. The summed E-state index contributed by atoms with van der Waals surface area (Å²) in [6.45, 7) is -0.228. The molecule has 164 valence electrons. The van der Waals surface area contributed by atoms with E-state index in [-0.39, 0.29) is 18.2 Å². The van der Waals surface area contributed by atoms with Crippen LogP contribution in [0.4, 0.5) is 17.1 Å². The maximum absolute atomic E-state index is 12.2. The molecule has 1 N–H and O–H groups in total. The molecule has 0 atom stereocenters.